The van der Waals surface area contributed by atoms with Gasteiger partial charge in [-0.15, -0.1) is 0 Å². The molecule has 164 valence electrons. The van der Waals surface area contributed by atoms with Gasteiger partial charge >= 0.3 is 5.97 Å². The van der Waals surface area contributed by atoms with Crippen molar-refractivity contribution in [2.75, 3.05) is 46.1 Å². The smallest absolute Gasteiger partial charge is 0.305 e. The zero-order chi connectivity index (χ0) is 20.9. The molecule has 1 N–H and O–H groups in total. The van der Waals surface area contributed by atoms with Crippen LogP contribution in [0.15, 0.2) is 0 Å². The molecule has 0 aromatic heterocycles. The van der Waals surface area contributed by atoms with Crippen LogP contribution in [0.5, 0.6) is 0 Å². The number of aliphatic carboxylic acids is 1. The fourth-order valence-electron chi connectivity index (χ4n) is 3.42. The number of hydrogen-bond donors (Lipinski definition) is 1. The molecule has 0 unspecified atom stereocenters. The van der Waals surface area contributed by atoms with E-state index in [2.05, 4.69) is 32.6 Å². The Bertz CT molecular complexity index is 448. The highest BCUT2D eigenvalue weighted by molar-refractivity contribution is 5.76. The van der Waals surface area contributed by atoms with E-state index < -0.39 is 5.97 Å². The number of carboxylic acid groups (broad SMARTS) is 1. The molecule has 0 atom stereocenters. The number of likely N-dealkylation sites (tertiary alicyclic amines) is 1. The van der Waals surface area contributed by atoms with Crippen LogP contribution < -0.4 is 0 Å². The lowest BCUT2D eigenvalue weighted by atomic mass is 10.0. The Kier molecular flexibility index (Phi) is 12.3. The molecule has 1 rings (SSSR count). The molecule has 1 amide bonds. The van der Waals surface area contributed by atoms with Crippen molar-refractivity contribution in [1.29, 1.82) is 0 Å². The SMILES string of the molecule is CC(C)CCC(=O)N(CCOCCOCCC(=O)O)C1CCN(C(C)C)CC1. The van der Waals surface area contributed by atoms with E-state index in [1.807, 2.05) is 4.90 Å². The van der Waals surface area contributed by atoms with Crippen LogP contribution in [0.1, 0.15) is 59.8 Å². The number of rotatable bonds is 14. The van der Waals surface area contributed by atoms with E-state index in [1.54, 1.807) is 0 Å². The maximum absolute atomic E-state index is 12.8. The van der Waals surface area contributed by atoms with Crippen LogP contribution >= 0.6 is 0 Å². The molecule has 0 bridgehead atoms. The Balaban J connectivity index is 2.39. The van der Waals surface area contributed by atoms with E-state index in [9.17, 15) is 9.59 Å². The predicted octanol–water partition coefficient (Wildman–Crippen LogP) is 2.63. The number of amides is 1. The minimum atomic E-state index is -0.861. The maximum atomic E-state index is 12.8. The van der Waals surface area contributed by atoms with Crippen molar-refractivity contribution in [1.82, 2.24) is 9.80 Å². The van der Waals surface area contributed by atoms with Gasteiger partial charge in [-0.25, -0.2) is 0 Å². The largest absolute Gasteiger partial charge is 0.481 e. The highest BCUT2D eigenvalue weighted by Crippen LogP contribution is 2.20. The minimum Gasteiger partial charge on any atom is -0.481 e. The van der Waals surface area contributed by atoms with Crippen LogP contribution in [0.2, 0.25) is 0 Å². The Hall–Kier alpha value is -1.18. The molecule has 0 aromatic carbocycles. The lowest BCUT2D eigenvalue weighted by molar-refractivity contribution is -0.138. The summed E-state index contributed by atoms with van der Waals surface area (Å²) in [4.78, 5) is 27.7. The van der Waals surface area contributed by atoms with Crippen LogP contribution in [-0.2, 0) is 19.1 Å². The number of carbonyl (C=O) groups excluding carboxylic acids is 1. The Morgan fingerprint density at radius 3 is 2.14 bits per heavy atom. The van der Waals surface area contributed by atoms with Crippen molar-refractivity contribution < 1.29 is 24.2 Å². The van der Waals surface area contributed by atoms with E-state index in [-0.39, 0.29) is 18.9 Å². The van der Waals surface area contributed by atoms with Crippen molar-refractivity contribution in [2.45, 2.75) is 71.9 Å². The third-order valence-electron chi connectivity index (χ3n) is 5.23. The first-order valence-corrected chi connectivity index (χ1v) is 10.7. The van der Waals surface area contributed by atoms with Gasteiger partial charge in [0.25, 0.3) is 0 Å². The second-order valence-corrected chi connectivity index (χ2v) is 8.25. The molecule has 0 radical (unpaired) electrons. The van der Waals surface area contributed by atoms with Crippen molar-refractivity contribution in [3.8, 4) is 0 Å². The van der Waals surface area contributed by atoms with Crippen molar-refractivity contribution in [3.63, 3.8) is 0 Å². The first-order chi connectivity index (χ1) is 13.3. The zero-order valence-electron chi connectivity index (χ0n) is 18.2. The van der Waals surface area contributed by atoms with Gasteiger partial charge in [-0.1, -0.05) is 13.8 Å². The molecule has 7 heteroatoms. The number of ether oxygens (including phenoxy) is 2. The second-order valence-electron chi connectivity index (χ2n) is 8.25. The fraction of sp³-hybridized carbons (Fsp3) is 0.905. The van der Waals surface area contributed by atoms with E-state index in [1.165, 1.54) is 0 Å². The summed E-state index contributed by atoms with van der Waals surface area (Å²) >= 11 is 0. The summed E-state index contributed by atoms with van der Waals surface area (Å²) in [6.45, 7) is 12.9. The van der Waals surface area contributed by atoms with Gasteiger partial charge in [0, 0.05) is 38.1 Å². The first-order valence-electron chi connectivity index (χ1n) is 10.7. The average Bonchev–Trinajstić information content (AvgIpc) is 2.64. The van der Waals surface area contributed by atoms with E-state index in [0.29, 0.717) is 50.8 Å². The third kappa shape index (κ3) is 10.4. The van der Waals surface area contributed by atoms with E-state index in [0.717, 1.165) is 32.4 Å². The second kappa shape index (κ2) is 13.9. The monoisotopic (exact) mass is 400 g/mol. The lowest BCUT2D eigenvalue weighted by Crippen LogP contribution is -2.49. The van der Waals surface area contributed by atoms with Crippen LogP contribution in [0.25, 0.3) is 0 Å². The summed E-state index contributed by atoms with van der Waals surface area (Å²) in [7, 11) is 0. The van der Waals surface area contributed by atoms with Gasteiger partial charge in [-0.3, -0.25) is 9.59 Å². The molecule has 0 aliphatic carbocycles. The van der Waals surface area contributed by atoms with Crippen molar-refractivity contribution >= 4 is 11.9 Å². The predicted molar refractivity (Wildman–Crippen MR) is 109 cm³/mol. The summed E-state index contributed by atoms with van der Waals surface area (Å²) < 4.78 is 10.8. The fourth-order valence-corrected chi connectivity index (χ4v) is 3.42. The molecule has 7 nitrogen and oxygen atoms in total. The number of carboxylic acids is 1. The van der Waals surface area contributed by atoms with Crippen LogP contribution in [0, 0.1) is 5.92 Å². The average molecular weight is 401 g/mol. The molecule has 1 heterocycles. The summed E-state index contributed by atoms with van der Waals surface area (Å²) in [6, 6.07) is 0.848. The quantitative estimate of drug-likeness (QED) is 0.452. The number of nitrogens with zero attached hydrogens (tertiary/aromatic N) is 2. The molecular weight excluding hydrogens is 360 g/mol. The summed E-state index contributed by atoms with van der Waals surface area (Å²) in [5.41, 5.74) is 0. The van der Waals surface area contributed by atoms with Gasteiger partial charge < -0.3 is 24.4 Å². The molecule has 1 saturated heterocycles. The Labute approximate surface area is 170 Å². The topological polar surface area (TPSA) is 79.3 Å². The third-order valence-corrected chi connectivity index (χ3v) is 5.23. The van der Waals surface area contributed by atoms with Crippen molar-refractivity contribution in [2.24, 2.45) is 5.92 Å². The number of piperidine rings is 1. The molecule has 0 spiro atoms. The maximum Gasteiger partial charge on any atom is 0.305 e. The minimum absolute atomic E-state index is 0.00715. The Morgan fingerprint density at radius 1 is 1.00 bits per heavy atom. The normalized spacial score (nSPS) is 16.1. The van der Waals surface area contributed by atoms with Gasteiger partial charge in [0.15, 0.2) is 0 Å². The van der Waals surface area contributed by atoms with Gasteiger partial charge in [0.2, 0.25) is 5.91 Å². The molecule has 0 aromatic rings. The molecular formula is C21H40N2O5. The van der Waals surface area contributed by atoms with Gasteiger partial charge in [0.1, 0.15) is 0 Å². The molecule has 0 saturated carbocycles. The highest BCUT2D eigenvalue weighted by Gasteiger charge is 2.28. The van der Waals surface area contributed by atoms with E-state index >= 15 is 0 Å². The van der Waals surface area contributed by atoms with Crippen LogP contribution in [0.3, 0.4) is 0 Å². The molecule has 1 aliphatic rings. The number of hydrogen-bond acceptors (Lipinski definition) is 5. The standard InChI is InChI=1S/C21H40N2O5/c1-17(2)5-6-20(24)23(19-7-10-22(11-8-19)18(3)4)12-14-28-16-15-27-13-9-21(25)26/h17-19H,5-16H2,1-4H3,(H,25,26). The lowest BCUT2D eigenvalue weighted by Gasteiger charge is -2.40. The summed E-state index contributed by atoms with van der Waals surface area (Å²) in [5.74, 6) is -0.106. The first kappa shape index (κ1) is 24.9. The highest BCUT2D eigenvalue weighted by atomic mass is 16.5. The van der Waals surface area contributed by atoms with E-state index in [4.69, 9.17) is 14.6 Å². The number of carbonyl (C=O) groups is 2. The van der Waals surface area contributed by atoms with Crippen LogP contribution in [0.4, 0.5) is 0 Å². The summed E-state index contributed by atoms with van der Waals surface area (Å²) in [6.07, 6.45) is 3.56. The van der Waals surface area contributed by atoms with Gasteiger partial charge in [-0.05, 0) is 39.0 Å². The zero-order valence-corrected chi connectivity index (χ0v) is 18.2. The molecule has 28 heavy (non-hydrogen) atoms. The van der Waals surface area contributed by atoms with Crippen LogP contribution in [-0.4, -0.2) is 84.9 Å². The van der Waals surface area contributed by atoms with Crippen molar-refractivity contribution in [3.05, 3.63) is 0 Å². The van der Waals surface area contributed by atoms with Gasteiger partial charge in [0.05, 0.1) is 32.8 Å². The molecule has 1 fully saturated rings. The summed E-state index contributed by atoms with van der Waals surface area (Å²) in [5, 5.41) is 8.56. The Morgan fingerprint density at radius 2 is 1.61 bits per heavy atom. The molecule has 1 aliphatic heterocycles. The van der Waals surface area contributed by atoms with Gasteiger partial charge in [-0.2, -0.15) is 0 Å².